The Bertz CT molecular complexity index is 756. The topological polar surface area (TPSA) is 67.3 Å². The highest BCUT2D eigenvalue weighted by Gasteiger charge is 2.26. The molecule has 3 rings (SSSR count). The van der Waals surface area contributed by atoms with Crippen LogP contribution in [0.3, 0.4) is 0 Å². The summed E-state index contributed by atoms with van der Waals surface area (Å²) in [5.41, 5.74) is 1.72. The molecule has 0 saturated heterocycles. The van der Waals surface area contributed by atoms with Gasteiger partial charge < -0.3 is 4.90 Å². The summed E-state index contributed by atoms with van der Waals surface area (Å²) in [7, 11) is 0. The van der Waals surface area contributed by atoms with Crippen LogP contribution < -0.4 is 4.90 Å². The number of carbonyl (C=O) groups is 3. The Morgan fingerprint density at radius 2 is 1.91 bits per heavy atom. The first-order chi connectivity index (χ1) is 11.2. The van der Waals surface area contributed by atoms with Crippen molar-refractivity contribution in [2.45, 2.75) is 19.3 Å². The average molecular weight is 308 g/mol. The van der Waals surface area contributed by atoms with Gasteiger partial charge in [0, 0.05) is 49.3 Å². The number of anilines is 1. The number of carbonyl (C=O) groups excluding carboxylic acids is 3. The maximum absolute atomic E-state index is 12.5. The summed E-state index contributed by atoms with van der Waals surface area (Å²) in [6.45, 7) is 0.371. The van der Waals surface area contributed by atoms with Gasteiger partial charge >= 0.3 is 0 Å². The molecule has 1 aromatic heterocycles. The zero-order chi connectivity index (χ0) is 16.2. The number of Topliss-reactive ketones (excluding diaryl/α,β-unsaturated/α-hetero) is 2. The third-order valence-electron chi connectivity index (χ3n) is 3.91. The summed E-state index contributed by atoms with van der Waals surface area (Å²) < 4.78 is 0. The molecule has 0 saturated carbocycles. The third kappa shape index (κ3) is 3.18. The molecule has 2 aromatic rings. The van der Waals surface area contributed by atoms with Gasteiger partial charge in [-0.25, -0.2) is 0 Å². The lowest BCUT2D eigenvalue weighted by molar-refractivity contribution is -0.118. The summed E-state index contributed by atoms with van der Waals surface area (Å²) in [5.74, 6) is -0.189. The number of amides is 1. The second-order valence-corrected chi connectivity index (χ2v) is 5.40. The Morgan fingerprint density at radius 1 is 1.09 bits per heavy atom. The lowest BCUT2D eigenvalue weighted by Gasteiger charge is -2.28. The predicted molar refractivity (Wildman–Crippen MR) is 85.5 cm³/mol. The highest BCUT2D eigenvalue weighted by Crippen LogP contribution is 2.27. The van der Waals surface area contributed by atoms with E-state index < -0.39 is 0 Å². The quantitative estimate of drug-likeness (QED) is 0.814. The zero-order valence-corrected chi connectivity index (χ0v) is 12.6. The van der Waals surface area contributed by atoms with E-state index in [-0.39, 0.29) is 30.3 Å². The van der Waals surface area contributed by atoms with Crippen molar-refractivity contribution in [3.05, 3.63) is 59.9 Å². The maximum Gasteiger partial charge on any atom is 0.227 e. The normalized spacial score (nSPS) is 13.6. The van der Waals surface area contributed by atoms with Gasteiger partial charge in [0.05, 0.1) is 5.69 Å². The Morgan fingerprint density at radius 3 is 2.70 bits per heavy atom. The summed E-state index contributed by atoms with van der Waals surface area (Å²) in [4.78, 5) is 41.9. The van der Waals surface area contributed by atoms with Crippen LogP contribution >= 0.6 is 0 Å². The van der Waals surface area contributed by atoms with E-state index in [0.717, 1.165) is 0 Å². The van der Waals surface area contributed by atoms with Crippen molar-refractivity contribution in [3.63, 3.8) is 0 Å². The van der Waals surface area contributed by atoms with E-state index in [4.69, 9.17) is 0 Å². The van der Waals surface area contributed by atoms with Gasteiger partial charge in [0.2, 0.25) is 5.91 Å². The third-order valence-corrected chi connectivity index (χ3v) is 3.91. The van der Waals surface area contributed by atoms with Gasteiger partial charge in [-0.2, -0.15) is 0 Å². The summed E-state index contributed by atoms with van der Waals surface area (Å²) >= 11 is 0. The van der Waals surface area contributed by atoms with E-state index in [0.29, 0.717) is 29.8 Å². The molecule has 0 bridgehead atoms. The van der Waals surface area contributed by atoms with Crippen molar-refractivity contribution >= 4 is 23.2 Å². The number of benzene rings is 1. The van der Waals surface area contributed by atoms with Gasteiger partial charge in [-0.05, 0) is 24.3 Å². The van der Waals surface area contributed by atoms with Gasteiger partial charge in [-0.3, -0.25) is 19.4 Å². The van der Waals surface area contributed by atoms with Crippen molar-refractivity contribution in [2.24, 2.45) is 0 Å². The molecule has 1 amide bonds. The van der Waals surface area contributed by atoms with Crippen LogP contribution in [0.25, 0.3) is 0 Å². The van der Waals surface area contributed by atoms with Gasteiger partial charge in [0.1, 0.15) is 0 Å². The second-order valence-electron chi connectivity index (χ2n) is 5.40. The number of aromatic nitrogens is 1. The molecular formula is C18H16N2O3. The highest BCUT2D eigenvalue weighted by atomic mass is 16.2. The van der Waals surface area contributed by atoms with Crippen LogP contribution in [0.1, 0.15) is 40.0 Å². The average Bonchev–Trinajstić information content (AvgIpc) is 2.60. The molecule has 1 aliphatic rings. The largest absolute Gasteiger partial charge is 0.311 e. The molecule has 2 heterocycles. The van der Waals surface area contributed by atoms with E-state index in [1.807, 2.05) is 0 Å². The molecule has 5 nitrogen and oxygen atoms in total. The SMILES string of the molecule is O=C(CCC(=O)N1CCC(=O)c2ccccc21)c1cccnc1. The molecule has 5 heteroatoms. The van der Waals surface area contributed by atoms with Gasteiger partial charge in [-0.15, -0.1) is 0 Å². The Hall–Kier alpha value is -2.82. The lowest BCUT2D eigenvalue weighted by Crippen LogP contribution is -2.37. The van der Waals surface area contributed by atoms with Crippen LogP contribution in [0, 0.1) is 0 Å². The number of rotatable bonds is 4. The number of fused-ring (bicyclic) bond motifs is 1. The molecule has 1 aromatic carbocycles. The van der Waals surface area contributed by atoms with Gasteiger partial charge in [0.15, 0.2) is 11.6 Å². The minimum absolute atomic E-state index is 0.0519. The molecule has 0 radical (unpaired) electrons. The Kier molecular flexibility index (Phi) is 4.28. The number of para-hydroxylation sites is 1. The molecule has 116 valence electrons. The molecule has 0 N–H and O–H groups in total. The van der Waals surface area contributed by atoms with Crippen LogP contribution in [0.4, 0.5) is 5.69 Å². The fraction of sp³-hybridized carbons (Fsp3) is 0.222. The molecular weight excluding hydrogens is 292 g/mol. The van der Waals surface area contributed by atoms with E-state index in [1.54, 1.807) is 47.5 Å². The Balaban J connectivity index is 1.69. The fourth-order valence-electron chi connectivity index (χ4n) is 2.70. The van der Waals surface area contributed by atoms with E-state index >= 15 is 0 Å². The van der Waals surface area contributed by atoms with E-state index in [2.05, 4.69) is 4.98 Å². The number of hydrogen-bond acceptors (Lipinski definition) is 4. The minimum atomic E-state index is -0.137. The molecule has 0 fully saturated rings. The van der Waals surface area contributed by atoms with Crippen molar-refractivity contribution in [1.29, 1.82) is 0 Å². The summed E-state index contributed by atoms with van der Waals surface area (Å²) in [6.07, 6.45) is 3.68. The van der Waals surface area contributed by atoms with Crippen molar-refractivity contribution in [1.82, 2.24) is 4.98 Å². The summed E-state index contributed by atoms with van der Waals surface area (Å²) in [5, 5.41) is 0. The van der Waals surface area contributed by atoms with Crippen LogP contribution in [-0.2, 0) is 4.79 Å². The number of ketones is 2. The first kappa shape index (κ1) is 15.1. The standard InChI is InChI=1S/C18H16N2O3/c21-16(13-4-3-10-19-12-13)7-8-18(23)20-11-9-17(22)14-5-1-2-6-15(14)20/h1-6,10,12H,7-9,11H2. The molecule has 0 atom stereocenters. The predicted octanol–water partition coefficient (Wildman–Crippen LogP) is 2.66. The second kappa shape index (κ2) is 6.52. The van der Waals surface area contributed by atoms with E-state index in [1.165, 1.54) is 6.20 Å². The fourth-order valence-corrected chi connectivity index (χ4v) is 2.70. The number of pyridine rings is 1. The van der Waals surface area contributed by atoms with Crippen LogP contribution in [0.2, 0.25) is 0 Å². The molecule has 0 aliphatic carbocycles. The first-order valence-electron chi connectivity index (χ1n) is 7.52. The van der Waals surface area contributed by atoms with E-state index in [9.17, 15) is 14.4 Å². The monoisotopic (exact) mass is 308 g/mol. The maximum atomic E-state index is 12.5. The minimum Gasteiger partial charge on any atom is -0.311 e. The summed E-state index contributed by atoms with van der Waals surface area (Å²) in [6, 6.07) is 10.5. The van der Waals surface area contributed by atoms with Crippen molar-refractivity contribution in [2.75, 3.05) is 11.4 Å². The molecule has 1 aliphatic heterocycles. The molecule has 0 spiro atoms. The van der Waals surface area contributed by atoms with Crippen LogP contribution in [-0.4, -0.2) is 29.0 Å². The first-order valence-corrected chi connectivity index (χ1v) is 7.52. The van der Waals surface area contributed by atoms with Crippen molar-refractivity contribution in [3.8, 4) is 0 Å². The van der Waals surface area contributed by atoms with Gasteiger partial charge in [0.25, 0.3) is 0 Å². The highest BCUT2D eigenvalue weighted by molar-refractivity contribution is 6.09. The Labute approximate surface area is 134 Å². The molecule has 23 heavy (non-hydrogen) atoms. The van der Waals surface area contributed by atoms with Crippen LogP contribution in [0.15, 0.2) is 48.8 Å². The van der Waals surface area contributed by atoms with Crippen molar-refractivity contribution < 1.29 is 14.4 Å². The van der Waals surface area contributed by atoms with Gasteiger partial charge in [-0.1, -0.05) is 12.1 Å². The van der Waals surface area contributed by atoms with Crippen LogP contribution in [0.5, 0.6) is 0 Å². The molecule has 0 unspecified atom stereocenters. The zero-order valence-electron chi connectivity index (χ0n) is 12.6. The number of nitrogens with zero attached hydrogens (tertiary/aromatic N) is 2. The lowest BCUT2D eigenvalue weighted by atomic mass is 9.99. The number of hydrogen-bond donors (Lipinski definition) is 0. The smallest absolute Gasteiger partial charge is 0.227 e.